The molecule has 0 spiro atoms. The van der Waals surface area contributed by atoms with E-state index in [9.17, 15) is 4.21 Å². The maximum absolute atomic E-state index is 11.2. The number of nitrogens with zero attached hydrogens (tertiary/aromatic N) is 4. The van der Waals surface area contributed by atoms with E-state index in [1.54, 1.807) is 24.7 Å². The van der Waals surface area contributed by atoms with E-state index in [1.165, 1.54) is 0 Å². The van der Waals surface area contributed by atoms with Crippen molar-refractivity contribution in [3.63, 3.8) is 0 Å². The Bertz CT molecular complexity index is 809. The fraction of sp³-hybridized carbons (Fsp3) is 0.200. The molecule has 2 aromatic heterocycles. The van der Waals surface area contributed by atoms with Crippen LogP contribution >= 0.6 is 0 Å². The Kier molecular flexibility index (Phi) is 4.34. The number of benzene rings is 1. The Hall–Kier alpha value is -2.41. The van der Waals surface area contributed by atoms with Crippen LogP contribution in [0.5, 0.6) is 0 Å². The number of para-hydroxylation sites is 1. The Labute approximate surface area is 130 Å². The van der Waals surface area contributed by atoms with Crippen molar-refractivity contribution < 1.29 is 4.21 Å². The lowest BCUT2D eigenvalue weighted by Gasteiger charge is -2.09. The first kappa shape index (κ1) is 14.5. The van der Waals surface area contributed by atoms with Crippen LogP contribution in [0, 0.1) is 0 Å². The minimum absolute atomic E-state index is 0.472. The zero-order valence-corrected chi connectivity index (χ0v) is 12.9. The lowest BCUT2D eigenvalue weighted by molar-refractivity contribution is 0.687. The summed E-state index contributed by atoms with van der Waals surface area (Å²) in [6.07, 6.45) is 5.01. The first-order valence-corrected chi connectivity index (χ1v) is 8.55. The van der Waals surface area contributed by atoms with Crippen molar-refractivity contribution in [3.8, 4) is 11.6 Å². The zero-order valence-electron chi connectivity index (χ0n) is 12.1. The summed E-state index contributed by atoms with van der Waals surface area (Å²) in [5.41, 5.74) is 0.820. The summed E-state index contributed by atoms with van der Waals surface area (Å²) < 4.78 is 11.2. The van der Waals surface area contributed by atoms with E-state index < -0.39 is 10.8 Å². The highest BCUT2D eigenvalue weighted by atomic mass is 32.2. The van der Waals surface area contributed by atoms with Crippen LogP contribution in [0.25, 0.3) is 22.6 Å². The number of fused-ring (bicyclic) bond motifs is 1. The Morgan fingerprint density at radius 2 is 1.82 bits per heavy atom. The van der Waals surface area contributed by atoms with Crippen molar-refractivity contribution in [2.45, 2.75) is 0 Å². The van der Waals surface area contributed by atoms with E-state index in [0.717, 1.165) is 10.9 Å². The minimum Gasteiger partial charge on any atom is -0.369 e. The molecule has 0 aliphatic carbocycles. The standard InChI is InChI=1S/C15H15N5OS/c1-22(21)10-9-18-13-11-5-2-3-6-12(11)19-15(20-13)14-16-7-4-8-17-14/h2-8H,9-10H2,1H3,(H,18,19,20). The number of anilines is 1. The van der Waals surface area contributed by atoms with Gasteiger partial charge < -0.3 is 5.32 Å². The van der Waals surface area contributed by atoms with Crippen molar-refractivity contribution in [3.05, 3.63) is 42.7 Å². The molecule has 0 bridgehead atoms. The molecule has 22 heavy (non-hydrogen) atoms. The minimum atomic E-state index is -0.845. The highest BCUT2D eigenvalue weighted by Gasteiger charge is 2.10. The summed E-state index contributed by atoms with van der Waals surface area (Å²) in [6.45, 7) is 0.583. The van der Waals surface area contributed by atoms with Gasteiger partial charge in [0.15, 0.2) is 11.6 Å². The van der Waals surface area contributed by atoms with E-state index in [1.807, 2.05) is 24.3 Å². The number of hydrogen-bond acceptors (Lipinski definition) is 6. The Morgan fingerprint density at radius 3 is 2.59 bits per heavy atom. The Balaban J connectivity index is 2.02. The highest BCUT2D eigenvalue weighted by molar-refractivity contribution is 7.84. The van der Waals surface area contributed by atoms with Crippen LogP contribution < -0.4 is 5.32 Å². The summed E-state index contributed by atoms with van der Waals surface area (Å²) in [6, 6.07) is 9.49. The van der Waals surface area contributed by atoms with E-state index in [0.29, 0.717) is 29.8 Å². The van der Waals surface area contributed by atoms with E-state index in [2.05, 4.69) is 25.3 Å². The normalized spacial score (nSPS) is 12.2. The lowest BCUT2D eigenvalue weighted by Crippen LogP contribution is -2.12. The van der Waals surface area contributed by atoms with Gasteiger partial charge in [-0.1, -0.05) is 12.1 Å². The maximum Gasteiger partial charge on any atom is 0.200 e. The lowest BCUT2D eigenvalue weighted by atomic mass is 10.2. The number of nitrogens with one attached hydrogen (secondary N) is 1. The van der Waals surface area contributed by atoms with E-state index in [-0.39, 0.29) is 0 Å². The summed E-state index contributed by atoms with van der Waals surface area (Å²) in [7, 11) is -0.845. The van der Waals surface area contributed by atoms with Gasteiger partial charge in [-0.25, -0.2) is 19.9 Å². The molecule has 0 saturated heterocycles. The van der Waals surface area contributed by atoms with Crippen molar-refractivity contribution in [2.75, 3.05) is 23.9 Å². The molecular weight excluding hydrogens is 298 g/mol. The molecule has 1 atom stereocenters. The summed E-state index contributed by atoms with van der Waals surface area (Å²) in [5, 5.41) is 4.15. The van der Waals surface area contributed by atoms with Crippen LogP contribution in [-0.4, -0.2) is 42.7 Å². The second kappa shape index (κ2) is 6.57. The van der Waals surface area contributed by atoms with E-state index >= 15 is 0 Å². The summed E-state index contributed by atoms with van der Waals surface area (Å²) in [5.74, 6) is 2.23. The number of hydrogen-bond donors (Lipinski definition) is 1. The molecule has 0 aliphatic heterocycles. The second-order valence-electron chi connectivity index (χ2n) is 4.69. The molecular formula is C15H15N5OS. The van der Waals surface area contributed by atoms with Crippen LogP contribution in [0.4, 0.5) is 5.82 Å². The fourth-order valence-corrected chi connectivity index (χ4v) is 2.43. The summed E-state index contributed by atoms with van der Waals surface area (Å²) in [4.78, 5) is 17.4. The van der Waals surface area contributed by atoms with Crippen LogP contribution in [0.1, 0.15) is 0 Å². The molecule has 0 amide bonds. The molecule has 3 aromatic rings. The zero-order chi connectivity index (χ0) is 15.4. The van der Waals surface area contributed by atoms with Crippen LogP contribution in [0.2, 0.25) is 0 Å². The molecule has 7 heteroatoms. The van der Waals surface area contributed by atoms with Gasteiger partial charge in [0.1, 0.15) is 5.82 Å². The predicted molar refractivity (Wildman–Crippen MR) is 88.0 cm³/mol. The van der Waals surface area contributed by atoms with E-state index in [4.69, 9.17) is 0 Å². The van der Waals surface area contributed by atoms with Crippen molar-refractivity contribution in [2.24, 2.45) is 0 Å². The van der Waals surface area contributed by atoms with Crippen LogP contribution in [0.3, 0.4) is 0 Å². The second-order valence-corrected chi connectivity index (χ2v) is 6.24. The topological polar surface area (TPSA) is 80.7 Å². The SMILES string of the molecule is CS(=O)CCNc1nc(-c2ncccn2)nc2ccccc12. The third kappa shape index (κ3) is 3.25. The van der Waals surface area contributed by atoms with Crippen molar-refractivity contribution >= 4 is 27.5 Å². The van der Waals surface area contributed by atoms with Gasteiger partial charge in [0.2, 0.25) is 0 Å². The van der Waals surface area contributed by atoms with Gasteiger partial charge in [0.25, 0.3) is 0 Å². The molecule has 0 saturated carbocycles. The van der Waals surface area contributed by atoms with Gasteiger partial charge in [0.05, 0.1) is 5.52 Å². The molecule has 0 fully saturated rings. The van der Waals surface area contributed by atoms with Gasteiger partial charge in [-0.05, 0) is 18.2 Å². The van der Waals surface area contributed by atoms with Gasteiger partial charge in [-0.3, -0.25) is 4.21 Å². The van der Waals surface area contributed by atoms with Crippen molar-refractivity contribution in [1.29, 1.82) is 0 Å². The smallest absolute Gasteiger partial charge is 0.200 e. The maximum atomic E-state index is 11.2. The van der Waals surface area contributed by atoms with Gasteiger partial charge in [0, 0.05) is 47.1 Å². The molecule has 1 unspecified atom stereocenters. The average molecular weight is 313 g/mol. The quantitative estimate of drug-likeness (QED) is 0.774. The third-order valence-electron chi connectivity index (χ3n) is 3.05. The predicted octanol–water partition coefficient (Wildman–Crippen LogP) is 1.88. The molecule has 1 N–H and O–H groups in total. The van der Waals surface area contributed by atoms with Gasteiger partial charge in [-0.2, -0.15) is 0 Å². The van der Waals surface area contributed by atoms with Gasteiger partial charge in [-0.15, -0.1) is 0 Å². The first-order valence-electron chi connectivity index (χ1n) is 6.82. The van der Waals surface area contributed by atoms with Crippen LogP contribution in [-0.2, 0) is 10.8 Å². The molecule has 3 rings (SSSR count). The molecule has 0 radical (unpaired) electrons. The molecule has 2 heterocycles. The van der Waals surface area contributed by atoms with Crippen LogP contribution in [0.15, 0.2) is 42.7 Å². The molecule has 0 aliphatic rings. The van der Waals surface area contributed by atoms with Crippen molar-refractivity contribution in [1.82, 2.24) is 19.9 Å². The first-order chi connectivity index (χ1) is 10.7. The molecule has 6 nitrogen and oxygen atoms in total. The third-order valence-corrected chi connectivity index (χ3v) is 3.83. The number of rotatable bonds is 5. The summed E-state index contributed by atoms with van der Waals surface area (Å²) >= 11 is 0. The fourth-order valence-electron chi connectivity index (χ4n) is 2.04. The molecule has 1 aromatic carbocycles. The van der Waals surface area contributed by atoms with Gasteiger partial charge >= 0.3 is 0 Å². The molecule has 112 valence electrons. The highest BCUT2D eigenvalue weighted by Crippen LogP contribution is 2.22. The monoisotopic (exact) mass is 313 g/mol. The average Bonchev–Trinajstić information content (AvgIpc) is 2.55. The largest absolute Gasteiger partial charge is 0.369 e. The number of aromatic nitrogens is 4. The Morgan fingerprint density at radius 1 is 1.05 bits per heavy atom.